The topological polar surface area (TPSA) is 45.1 Å². The average molecular weight is 208 g/mol. The Balaban J connectivity index is 2.47. The van der Waals surface area contributed by atoms with Gasteiger partial charge in [0, 0.05) is 37.0 Å². The number of nitrogens with zero attached hydrogens (tertiary/aromatic N) is 1. The Morgan fingerprint density at radius 3 is 2.80 bits per heavy atom. The molecule has 0 aliphatic carbocycles. The van der Waals surface area contributed by atoms with Gasteiger partial charge < -0.3 is 10.4 Å². The Morgan fingerprint density at radius 2 is 2.27 bits per heavy atom. The molecule has 0 unspecified atom stereocenters. The number of hydrogen-bond acceptors (Lipinski definition) is 3. The van der Waals surface area contributed by atoms with E-state index in [2.05, 4.69) is 23.3 Å². The Kier molecular flexibility index (Phi) is 4.24. The second kappa shape index (κ2) is 5.24. The fraction of sp³-hybridized carbons (Fsp3) is 0.583. The van der Waals surface area contributed by atoms with Crippen molar-refractivity contribution in [2.45, 2.75) is 26.8 Å². The van der Waals surface area contributed by atoms with Crippen molar-refractivity contribution in [1.29, 1.82) is 0 Å². The Labute approximate surface area is 91.5 Å². The number of rotatable bonds is 5. The largest absolute Gasteiger partial charge is 0.396 e. The van der Waals surface area contributed by atoms with Crippen molar-refractivity contribution in [3.8, 4) is 0 Å². The maximum Gasteiger partial charge on any atom is 0.0494 e. The first-order valence-corrected chi connectivity index (χ1v) is 5.29. The molecule has 0 radical (unpaired) electrons. The number of pyridine rings is 1. The second-order valence-electron chi connectivity index (χ2n) is 4.71. The molecule has 0 fully saturated rings. The molecular formula is C12H20N2O. The van der Waals surface area contributed by atoms with E-state index >= 15 is 0 Å². The number of nitrogens with one attached hydrogen (secondary N) is 1. The van der Waals surface area contributed by atoms with Crippen LogP contribution in [0.25, 0.3) is 0 Å². The van der Waals surface area contributed by atoms with Crippen LogP contribution in [0.1, 0.15) is 32.4 Å². The van der Waals surface area contributed by atoms with Crippen LogP contribution in [0.15, 0.2) is 24.5 Å². The van der Waals surface area contributed by atoms with Crippen LogP contribution in [0, 0.1) is 5.41 Å². The summed E-state index contributed by atoms with van der Waals surface area (Å²) in [5.41, 5.74) is 1.10. The predicted octanol–water partition coefficient (Wildman–Crippen LogP) is 1.75. The summed E-state index contributed by atoms with van der Waals surface area (Å²) in [7, 11) is 0. The van der Waals surface area contributed by atoms with E-state index in [4.69, 9.17) is 5.11 Å². The summed E-state index contributed by atoms with van der Waals surface area (Å²) in [4.78, 5) is 4.08. The lowest BCUT2D eigenvalue weighted by Crippen LogP contribution is -2.33. The van der Waals surface area contributed by atoms with Crippen molar-refractivity contribution >= 4 is 0 Å². The zero-order valence-electron chi connectivity index (χ0n) is 9.70. The molecule has 0 saturated heterocycles. The highest BCUT2D eigenvalue weighted by atomic mass is 16.3. The molecule has 1 aromatic heterocycles. The van der Waals surface area contributed by atoms with Gasteiger partial charge in [0.05, 0.1) is 0 Å². The normalized spacial score (nSPS) is 13.9. The van der Waals surface area contributed by atoms with Crippen molar-refractivity contribution in [2.24, 2.45) is 5.41 Å². The van der Waals surface area contributed by atoms with Crippen LogP contribution in [-0.4, -0.2) is 23.2 Å². The first-order valence-electron chi connectivity index (χ1n) is 5.29. The van der Waals surface area contributed by atoms with Gasteiger partial charge in [-0.15, -0.1) is 0 Å². The monoisotopic (exact) mass is 208 g/mol. The number of aliphatic hydroxyl groups is 1. The van der Waals surface area contributed by atoms with Gasteiger partial charge in [0.1, 0.15) is 0 Å². The lowest BCUT2D eigenvalue weighted by molar-refractivity contribution is 0.154. The fourth-order valence-electron chi connectivity index (χ4n) is 1.24. The summed E-state index contributed by atoms with van der Waals surface area (Å²) < 4.78 is 0. The van der Waals surface area contributed by atoms with Crippen molar-refractivity contribution in [1.82, 2.24) is 10.3 Å². The molecule has 0 spiro atoms. The third-order valence-electron chi connectivity index (χ3n) is 2.50. The summed E-state index contributed by atoms with van der Waals surface area (Å²) in [5.74, 6) is 0. The zero-order valence-corrected chi connectivity index (χ0v) is 9.70. The van der Waals surface area contributed by atoms with E-state index in [-0.39, 0.29) is 18.1 Å². The van der Waals surface area contributed by atoms with Gasteiger partial charge in [-0.3, -0.25) is 4.98 Å². The average Bonchev–Trinajstić information content (AvgIpc) is 2.27. The smallest absolute Gasteiger partial charge is 0.0494 e. The van der Waals surface area contributed by atoms with E-state index in [1.165, 1.54) is 5.56 Å². The van der Waals surface area contributed by atoms with E-state index in [1.807, 2.05) is 26.1 Å². The first kappa shape index (κ1) is 12.1. The Hall–Kier alpha value is -0.930. The van der Waals surface area contributed by atoms with Crippen molar-refractivity contribution in [3.63, 3.8) is 0 Å². The molecule has 15 heavy (non-hydrogen) atoms. The van der Waals surface area contributed by atoms with Gasteiger partial charge in [-0.2, -0.15) is 0 Å². The summed E-state index contributed by atoms with van der Waals surface area (Å²) in [6, 6.07) is 4.26. The molecule has 0 aromatic carbocycles. The molecule has 0 bridgehead atoms. The van der Waals surface area contributed by atoms with Crippen LogP contribution < -0.4 is 5.32 Å². The van der Waals surface area contributed by atoms with E-state index < -0.39 is 0 Å². The quantitative estimate of drug-likeness (QED) is 0.775. The molecule has 0 aliphatic heterocycles. The van der Waals surface area contributed by atoms with E-state index in [1.54, 1.807) is 6.20 Å². The number of aliphatic hydroxyl groups excluding tert-OH is 1. The predicted molar refractivity (Wildman–Crippen MR) is 61.5 cm³/mol. The van der Waals surface area contributed by atoms with Gasteiger partial charge in [-0.25, -0.2) is 0 Å². The van der Waals surface area contributed by atoms with Crippen LogP contribution in [-0.2, 0) is 0 Å². The summed E-state index contributed by atoms with van der Waals surface area (Å²) in [5, 5.41) is 12.5. The maximum absolute atomic E-state index is 9.13. The lowest BCUT2D eigenvalue weighted by Gasteiger charge is -2.24. The van der Waals surface area contributed by atoms with Gasteiger partial charge >= 0.3 is 0 Å². The lowest BCUT2D eigenvalue weighted by atomic mass is 9.94. The fourth-order valence-corrected chi connectivity index (χ4v) is 1.24. The molecule has 1 atom stereocenters. The standard InChI is InChI=1S/C12H20N2O/c1-10(11-5-4-6-13-7-11)14-8-12(2,3)9-15/h4-7,10,14-15H,8-9H2,1-3H3/t10-/m0/s1. The van der Waals surface area contributed by atoms with Gasteiger partial charge in [-0.1, -0.05) is 19.9 Å². The van der Waals surface area contributed by atoms with Crippen LogP contribution in [0.5, 0.6) is 0 Å². The Morgan fingerprint density at radius 1 is 1.53 bits per heavy atom. The first-order chi connectivity index (χ1) is 7.05. The Bertz CT molecular complexity index is 285. The molecule has 3 nitrogen and oxygen atoms in total. The molecule has 1 aromatic rings. The van der Waals surface area contributed by atoms with Crippen LogP contribution in [0.3, 0.4) is 0 Å². The molecule has 1 heterocycles. The highest BCUT2D eigenvalue weighted by Gasteiger charge is 2.17. The second-order valence-corrected chi connectivity index (χ2v) is 4.71. The van der Waals surface area contributed by atoms with E-state index in [9.17, 15) is 0 Å². The van der Waals surface area contributed by atoms with Crippen LogP contribution >= 0.6 is 0 Å². The van der Waals surface area contributed by atoms with Crippen LogP contribution in [0.2, 0.25) is 0 Å². The van der Waals surface area contributed by atoms with Crippen molar-refractivity contribution < 1.29 is 5.11 Å². The summed E-state index contributed by atoms with van der Waals surface area (Å²) in [6.07, 6.45) is 3.64. The molecule has 0 aliphatic rings. The van der Waals surface area contributed by atoms with Crippen molar-refractivity contribution in [2.75, 3.05) is 13.2 Å². The minimum Gasteiger partial charge on any atom is -0.396 e. The molecule has 0 amide bonds. The van der Waals surface area contributed by atoms with Crippen LogP contribution in [0.4, 0.5) is 0 Å². The number of hydrogen-bond donors (Lipinski definition) is 2. The highest BCUT2D eigenvalue weighted by molar-refractivity contribution is 5.12. The minimum atomic E-state index is -0.0729. The third-order valence-corrected chi connectivity index (χ3v) is 2.50. The summed E-state index contributed by atoms with van der Waals surface area (Å²) in [6.45, 7) is 7.16. The van der Waals surface area contributed by atoms with Gasteiger partial charge in [0.25, 0.3) is 0 Å². The van der Waals surface area contributed by atoms with Gasteiger partial charge in [0.15, 0.2) is 0 Å². The molecule has 0 saturated carbocycles. The number of aromatic nitrogens is 1. The minimum absolute atomic E-state index is 0.0729. The molecular weight excluding hydrogens is 188 g/mol. The zero-order chi connectivity index (χ0) is 11.3. The highest BCUT2D eigenvalue weighted by Crippen LogP contribution is 2.15. The molecule has 1 rings (SSSR count). The molecule has 2 N–H and O–H groups in total. The maximum atomic E-state index is 9.13. The third kappa shape index (κ3) is 3.98. The SMILES string of the molecule is C[C@H](NCC(C)(C)CO)c1cccnc1. The van der Waals surface area contributed by atoms with Gasteiger partial charge in [0.2, 0.25) is 0 Å². The van der Waals surface area contributed by atoms with E-state index in [0.717, 1.165) is 6.54 Å². The van der Waals surface area contributed by atoms with Gasteiger partial charge in [-0.05, 0) is 18.6 Å². The summed E-state index contributed by atoms with van der Waals surface area (Å²) >= 11 is 0. The molecule has 3 heteroatoms. The molecule has 84 valence electrons. The van der Waals surface area contributed by atoms with E-state index in [0.29, 0.717) is 0 Å². The van der Waals surface area contributed by atoms with Crippen molar-refractivity contribution in [3.05, 3.63) is 30.1 Å².